The molecule has 1 unspecified atom stereocenters. The van der Waals surface area contributed by atoms with Gasteiger partial charge in [0.15, 0.2) is 0 Å². The molecule has 0 aliphatic rings. The van der Waals surface area contributed by atoms with Crippen LogP contribution >= 0.6 is 15.9 Å². The van der Waals surface area contributed by atoms with Gasteiger partial charge in [-0.2, -0.15) is 0 Å². The van der Waals surface area contributed by atoms with Crippen LogP contribution in [-0.2, 0) is 0 Å². The normalized spacial score (nSPS) is 12.5. The van der Waals surface area contributed by atoms with Crippen molar-refractivity contribution in [3.63, 3.8) is 0 Å². The Kier molecular flexibility index (Phi) is 4.90. The summed E-state index contributed by atoms with van der Waals surface area (Å²) in [6, 6.07) is 4.23. The molecular weight excluding hydrogens is 244 g/mol. The van der Waals surface area contributed by atoms with Gasteiger partial charge in [0.25, 0.3) is 0 Å². The molecule has 4 heteroatoms. The van der Waals surface area contributed by atoms with Crippen molar-refractivity contribution in [2.45, 2.75) is 25.8 Å². The van der Waals surface area contributed by atoms with Gasteiger partial charge in [-0.25, -0.2) is 4.98 Å². The molecule has 14 heavy (non-hydrogen) atoms. The first-order chi connectivity index (χ1) is 6.72. The Hall–Kier alpha value is -0.610. The average molecular weight is 259 g/mol. The molecule has 78 valence electrons. The molecule has 0 amide bonds. The number of hydrogen-bond donors (Lipinski definition) is 2. The van der Waals surface area contributed by atoms with Crippen molar-refractivity contribution >= 4 is 21.7 Å². The zero-order chi connectivity index (χ0) is 10.4. The Balaban J connectivity index is 2.39. The Labute approximate surface area is 92.7 Å². The quantitative estimate of drug-likeness (QED) is 0.853. The number of aromatic nitrogens is 1. The Morgan fingerprint density at radius 3 is 2.93 bits per heavy atom. The minimum atomic E-state index is 0.250. The van der Waals surface area contributed by atoms with Crippen molar-refractivity contribution < 1.29 is 5.11 Å². The largest absolute Gasteiger partial charge is 0.396 e. The van der Waals surface area contributed by atoms with Crippen molar-refractivity contribution in [1.29, 1.82) is 0 Å². The van der Waals surface area contributed by atoms with Gasteiger partial charge in [-0.15, -0.1) is 0 Å². The first-order valence-electron chi connectivity index (χ1n) is 4.71. The summed E-state index contributed by atoms with van der Waals surface area (Å²) in [6.07, 6.45) is 3.54. The Morgan fingerprint density at radius 2 is 2.36 bits per heavy atom. The molecule has 0 aromatic carbocycles. The molecule has 0 radical (unpaired) electrons. The lowest BCUT2D eigenvalue weighted by Crippen LogP contribution is -2.16. The van der Waals surface area contributed by atoms with Crippen LogP contribution in [0.5, 0.6) is 0 Å². The van der Waals surface area contributed by atoms with Crippen molar-refractivity contribution in [2.75, 3.05) is 11.9 Å². The maximum Gasteiger partial charge on any atom is 0.126 e. The van der Waals surface area contributed by atoms with Gasteiger partial charge in [-0.3, -0.25) is 0 Å². The third-order valence-electron chi connectivity index (χ3n) is 1.92. The van der Waals surface area contributed by atoms with Gasteiger partial charge in [-0.05, 0) is 47.8 Å². The minimum Gasteiger partial charge on any atom is -0.396 e. The van der Waals surface area contributed by atoms with E-state index in [-0.39, 0.29) is 6.61 Å². The second kappa shape index (κ2) is 5.98. The highest BCUT2D eigenvalue weighted by molar-refractivity contribution is 9.10. The lowest BCUT2D eigenvalue weighted by molar-refractivity contribution is 0.282. The van der Waals surface area contributed by atoms with E-state index >= 15 is 0 Å². The van der Waals surface area contributed by atoms with E-state index in [1.54, 1.807) is 6.20 Å². The van der Waals surface area contributed by atoms with E-state index < -0.39 is 0 Å². The molecule has 0 bridgehead atoms. The van der Waals surface area contributed by atoms with Crippen molar-refractivity contribution in [1.82, 2.24) is 4.98 Å². The summed E-state index contributed by atoms with van der Waals surface area (Å²) in [4.78, 5) is 4.21. The van der Waals surface area contributed by atoms with Crippen LogP contribution in [0.3, 0.4) is 0 Å². The van der Waals surface area contributed by atoms with Gasteiger partial charge in [0.1, 0.15) is 5.82 Å². The zero-order valence-corrected chi connectivity index (χ0v) is 9.79. The van der Waals surface area contributed by atoms with E-state index in [9.17, 15) is 0 Å². The molecule has 0 aliphatic heterocycles. The number of pyridine rings is 1. The number of aliphatic hydroxyl groups is 1. The number of nitrogens with one attached hydrogen (secondary N) is 1. The summed E-state index contributed by atoms with van der Waals surface area (Å²) in [5.74, 6) is 0.874. The number of anilines is 1. The maximum atomic E-state index is 8.67. The maximum absolute atomic E-state index is 8.67. The van der Waals surface area contributed by atoms with Gasteiger partial charge in [0.05, 0.1) is 0 Å². The van der Waals surface area contributed by atoms with E-state index in [0.717, 1.165) is 23.1 Å². The van der Waals surface area contributed by atoms with E-state index in [0.29, 0.717) is 6.04 Å². The predicted molar refractivity (Wildman–Crippen MR) is 61.3 cm³/mol. The molecule has 0 aliphatic carbocycles. The molecule has 3 nitrogen and oxygen atoms in total. The van der Waals surface area contributed by atoms with Crippen LogP contribution < -0.4 is 5.32 Å². The zero-order valence-electron chi connectivity index (χ0n) is 8.20. The lowest BCUT2D eigenvalue weighted by Gasteiger charge is -2.13. The number of aliphatic hydroxyl groups excluding tert-OH is 1. The molecule has 1 rings (SSSR count). The second-order valence-electron chi connectivity index (χ2n) is 3.27. The van der Waals surface area contributed by atoms with E-state index in [1.807, 2.05) is 12.1 Å². The molecule has 0 saturated heterocycles. The monoisotopic (exact) mass is 258 g/mol. The first kappa shape index (κ1) is 11.5. The second-order valence-corrected chi connectivity index (χ2v) is 4.19. The van der Waals surface area contributed by atoms with Crippen LogP contribution in [0.25, 0.3) is 0 Å². The van der Waals surface area contributed by atoms with Crippen LogP contribution in [-0.4, -0.2) is 22.7 Å². The van der Waals surface area contributed by atoms with Gasteiger partial charge in [-0.1, -0.05) is 0 Å². The number of nitrogens with zero attached hydrogens (tertiary/aromatic N) is 1. The summed E-state index contributed by atoms with van der Waals surface area (Å²) in [6.45, 7) is 2.33. The standard InChI is InChI=1S/C10H15BrN2O/c1-8(3-2-6-14)13-10-5-4-9(11)7-12-10/h4-5,7-8,14H,2-3,6H2,1H3,(H,12,13). The van der Waals surface area contributed by atoms with Crippen LogP contribution in [0.15, 0.2) is 22.8 Å². The summed E-state index contributed by atoms with van der Waals surface area (Å²) < 4.78 is 0.978. The fourth-order valence-corrected chi connectivity index (χ4v) is 1.42. The highest BCUT2D eigenvalue weighted by atomic mass is 79.9. The van der Waals surface area contributed by atoms with Crippen LogP contribution in [0.1, 0.15) is 19.8 Å². The summed E-state index contributed by atoms with van der Waals surface area (Å²) >= 11 is 3.33. The predicted octanol–water partition coefficient (Wildman–Crippen LogP) is 2.42. The highest BCUT2D eigenvalue weighted by Crippen LogP contribution is 2.12. The third kappa shape index (κ3) is 4.07. The Bertz CT molecular complexity index is 263. The fourth-order valence-electron chi connectivity index (χ4n) is 1.18. The lowest BCUT2D eigenvalue weighted by atomic mass is 10.2. The van der Waals surface area contributed by atoms with Crippen molar-refractivity contribution in [3.8, 4) is 0 Å². The van der Waals surface area contributed by atoms with Gasteiger partial charge in [0, 0.05) is 23.3 Å². The molecule has 0 fully saturated rings. The van der Waals surface area contributed by atoms with E-state index in [2.05, 4.69) is 33.2 Å². The summed E-state index contributed by atoms with van der Waals surface area (Å²) in [5.41, 5.74) is 0. The summed E-state index contributed by atoms with van der Waals surface area (Å²) in [5, 5.41) is 11.9. The fraction of sp³-hybridized carbons (Fsp3) is 0.500. The van der Waals surface area contributed by atoms with Gasteiger partial charge >= 0.3 is 0 Å². The number of hydrogen-bond acceptors (Lipinski definition) is 3. The van der Waals surface area contributed by atoms with Gasteiger partial charge in [0.2, 0.25) is 0 Å². The SMILES string of the molecule is CC(CCCO)Nc1ccc(Br)cn1. The minimum absolute atomic E-state index is 0.250. The number of halogens is 1. The average Bonchev–Trinajstić information content (AvgIpc) is 2.18. The van der Waals surface area contributed by atoms with Crippen LogP contribution in [0.2, 0.25) is 0 Å². The van der Waals surface area contributed by atoms with E-state index in [1.165, 1.54) is 0 Å². The third-order valence-corrected chi connectivity index (χ3v) is 2.39. The molecule has 0 spiro atoms. The molecule has 0 saturated carbocycles. The molecular formula is C10H15BrN2O. The molecule has 1 aromatic heterocycles. The van der Waals surface area contributed by atoms with Crippen LogP contribution in [0.4, 0.5) is 5.82 Å². The molecule has 2 N–H and O–H groups in total. The van der Waals surface area contributed by atoms with Gasteiger partial charge < -0.3 is 10.4 Å². The van der Waals surface area contributed by atoms with Crippen LogP contribution in [0, 0.1) is 0 Å². The number of rotatable bonds is 5. The molecule has 1 heterocycles. The highest BCUT2D eigenvalue weighted by Gasteiger charge is 2.01. The topological polar surface area (TPSA) is 45.1 Å². The molecule has 1 aromatic rings. The Morgan fingerprint density at radius 1 is 1.57 bits per heavy atom. The van der Waals surface area contributed by atoms with Crippen molar-refractivity contribution in [2.24, 2.45) is 0 Å². The smallest absolute Gasteiger partial charge is 0.126 e. The summed E-state index contributed by atoms with van der Waals surface area (Å²) in [7, 11) is 0. The van der Waals surface area contributed by atoms with Crippen molar-refractivity contribution in [3.05, 3.63) is 22.8 Å². The van der Waals surface area contributed by atoms with E-state index in [4.69, 9.17) is 5.11 Å². The molecule has 1 atom stereocenters. The first-order valence-corrected chi connectivity index (χ1v) is 5.50.